The first kappa shape index (κ1) is 5.92. The zero-order chi connectivity index (χ0) is 6.97. The van der Waals surface area contributed by atoms with Gasteiger partial charge in [-0.25, -0.2) is 4.98 Å². The van der Waals surface area contributed by atoms with E-state index in [0.717, 1.165) is 13.0 Å². The zero-order valence-electron chi connectivity index (χ0n) is 5.80. The molecule has 0 fully saturated rings. The Kier molecular flexibility index (Phi) is 1.24. The van der Waals surface area contributed by atoms with Gasteiger partial charge in [0.05, 0.1) is 12.0 Å². The van der Waals surface area contributed by atoms with Crippen molar-refractivity contribution in [1.82, 2.24) is 9.97 Å². The molecule has 1 aromatic rings. The van der Waals surface area contributed by atoms with Gasteiger partial charge < -0.3 is 10.7 Å². The van der Waals surface area contributed by atoms with Gasteiger partial charge in [-0.1, -0.05) is 0 Å². The minimum absolute atomic E-state index is 0.515. The molecule has 3 heteroatoms. The standard InChI is InChI=1S/C7H11N3/c8-3-5-1-2-6-7(5)10-4-9-6/h4-5H,1-3,8H2,(H,9,10). The number of nitrogens with zero attached hydrogens (tertiary/aromatic N) is 1. The number of aryl methyl sites for hydroxylation is 1. The summed E-state index contributed by atoms with van der Waals surface area (Å²) in [5.41, 5.74) is 8.04. The topological polar surface area (TPSA) is 54.7 Å². The summed E-state index contributed by atoms with van der Waals surface area (Å²) in [5, 5.41) is 0. The molecule has 1 aliphatic carbocycles. The summed E-state index contributed by atoms with van der Waals surface area (Å²) in [4.78, 5) is 7.33. The van der Waals surface area contributed by atoms with E-state index in [9.17, 15) is 0 Å². The highest BCUT2D eigenvalue weighted by molar-refractivity contribution is 5.22. The van der Waals surface area contributed by atoms with E-state index in [1.165, 1.54) is 17.8 Å². The van der Waals surface area contributed by atoms with Gasteiger partial charge in [-0.15, -0.1) is 0 Å². The molecule has 1 heterocycles. The Balaban J connectivity index is 2.34. The molecule has 1 aromatic heterocycles. The minimum atomic E-state index is 0.515. The summed E-state index contributed by atoms with van der Waals surface area (Å²) in [7, 11) is 0. The number of aromatic nitrogens is 2. The number of aromatic amines is 1. The Morgan fingerprint density at radius 3 is 3.50 bits per heavy atom. The third-order valence-electron chi connectivity index (χ3n) is 2.17. The van der Waals surface area contributed by atoms with E-state index in [4.69, 9.17) is 5.73 Å². The van der Waals surface area contributed by atoms with Crippen molar-refractivity contribution in [2.24, 2.45) is 5.73 Å². The molecule has 10 heavy (non-hydrogen) atoms. The monoisotopic (exact) mass is 137 g/mol. The van der Waals surface area contributed by atoms with Crippen molar-refractivity contribution in [3.63, 3.8) is 0 Å². The first-order chi connectivity index (χ1) is 4.92. The molecule has 0 aromatic carbocycles. The van der Waals surface area contributed by atoms with E-state index >= 15 is 0 Å². The minimum Gasteiger partial charge on any atom is -0.348 e. The normalized spacial score (nSPS) is 23.1. The van der Waals surface area contributed by atoms with Gasteiger partial charge in [0.2, 0.25) is 0 Å². The van der Waals surface area contributed by atoms with Crippen LogP contribution in [-0.2, 0) is 6.42 Å². The van der Waals surface area contributed by atoms with Crippen LogP contribution in [0.3, 0.4) is 0 Å². The number of rotatable bonds is 1. The predicted octanol–water partition coefficient (Wildman–Crippen LogP) is 0.398. The van der Waals surface area contributed by atoms with E-state index in [1.54, 1.807) is 6.33 Å². The molecule has 0 bridgehead atoms. The number of nitrogens with one attached hydrogen (secondary N) is 1. The van der Waals surface area contributed by atoms with Crippen LogP contribution in [0.5, 0.6) is 0 Å². The second-order valence-electron chi connectivity index (χ2n) is 2.74. The number of nitrogens with two attached hydrogens (primary N) is 1. The fourth-order valence-corrected chi connectivity index (χ4v) is 1.57. The van der Waals surface area contributed by atoms with Crippen LogP contribution in [0, 0.1) is 0 Å². The zero-order valence-corrected chi connectivity index (χ0v) is 5.80. The van der Waals surface area contributed by atoms with Crippen LogP contribution in [-0.4, -0.2) is 16.5 Å². The van der Waals surface area contributed by atoms with Crippen LogP contribution < -0.4 is 5.73 Å². The van der Waals surface area contributed by atoms with Crippen molar-refractivity contribution in [1.29, 1.82) is 0 Å². The Morgan fingerprint density at radius 1 is 1.80 bits per heavy atom. The summed E-state index contributed by atoms with van der Waals surface area (Å²) < 4.78 is 0. The summed E-state index contributed by atoms with van der Waals surface area (Å²) >= 11 is 0. The fraction of sp³-hybridized carbons (Fsp3) is 0.571. The van der Waals surface area contributed by atoms with Crippen LogP contribution >= 0.6 is 0 Å². The van der Waals surface area contributed by atoms with E-state index in [2.05, 4.69) is 9.97 Å². The van der Waals surface area contributed by atoms with Crippen LogP contribution in [0.15, 0.2) is 6.33 Å². The Bertz CT molecular complexity index is 229. The summed E-state index contributed by atoms with van der Waals surface area (Å²) in [6, 6.07) is 0. The third kappa shape index (κ3) is 0.671. The Hall–Kier alpha value is -0.830. The van der Waals surface area contributed by atoms with Gasteiger partial charge in [0, 0.05) is 18.2 Å². The highest BCUT2D eigenvalue weighted by Crippen LogP contribution is 2.28. The maximum Gasteiger partial charge on any atom is 0.0925 e. The summed E-state index contributed by atoms with van der Waals surface area (Å²) in [6.45, 7) is 0.734. The van der Waals surface area contributed by atoms with Gasteiger partial charge in [0.15, 0.2) is 0 Å². The number of imidazole rings is 1. The largest absolute Gasteiger partial charge is 0.348 e. The Morgan fingerprint density at radius 2 is 2.70 bits per heavy atom. The number of fused-ring (bicyclic) bond motifs is 1. The number of H-pyrrole nitrogens is 1. The van der Waals surface area contributed by atoms with Crippen LogP contribution in [0.25, 0.3) is 0 Å². The molecule has 2 rings (SSSR count). The first-order valence-electron chi connectivity index (χ1n) is 3.64. The highest BCUT2D eigenvalue weighted by Gasteiger charge is 2.22. The molecule has 0 saturated heterocycles. The van der Waals surface area contributed by atoms with Gasteiger partial charge in [-0.3, -0.25) is 0 Å². The van der Waals surface area contributed by atoms with E-state index in [-0.39, 0.29) is 0 Å². The SMILES string of the molecule is NCC1CCc2[nH]cnc21. The number of hydrogen-bond acceptors (Lipinski definition) is 2. The molecular formula is C7H11N3. The van der Waals surface area contributed by atoms with Gasteiger partial charge >= 0.3 is 0 Å². The third-order valence-corrected chi connectivity index (χ3v) is 2.17. The van der Waals surface area contributed by atoms with Crippen LogP contribution in [0.2, 0.25) is 0 Å². The van der Waals surface area contributed by atoms with Gasteiger partial charge in [-0.2, -0.15) is 0 Å². The molecule has 1 atom stereocenters. The molecule has 3 nitrogen and oxygen atoms in total. The van der Waals surface area contributed by atoms with Crippen molar-refractivity contribution >= 4 is 0 Å². The molecule has 54 valence electrons. The van der Waals surface area contributed by atoms with Crippen molar-refractivity contribution in [2.45, 2.75) is 18.8 Å². The molecule has 1 unspecified atom stereocenters. The second kappa shape index (κ2) is 2.09. The summed E-state index contributed by atoms with van der Waals surface area (Å²) in [6.07, 6.45) is 4.05. The molecule has 0 radical (unpaired) electrons. The second-order valence-corrected chi connectivity index (χ2v) is 2.74. The maximum atomic E-state index is 5.55. The molecular weight excluding hydrogens is 126 g/mol. The van der Waals surface area contributed by atoms with Crippen LogP contribution in [0.4, 0.5) is 0 Å². The van der Waals surface area contributed by atoms with E-state index < -0.39 is 0 Å². The van der Waals surface area contributed by atoms with Gasteiger partial charge in [-0.05, 0) is 12.8 Å². The van der Waals surface area contributed by atoms with Crippen molar-refractivity contribution in [2.75, 3.05) is 6.54 Å². The predicted molar refractivity (Wildman–Crippen MR) is 38.7 cm³/mol. The lowest BCUT2D eigenvalue weighted by Crippen LogP contribution is -2.09. The first-order valence-corrected chi connectivity index (χ1v) is 3.64. The molecule has 0 spiro atoms. The average Bonchev–Trinajstić information content (AvgIpc) is 2.44. The number of hydrogen-bond donors (Lipinski definition) is 2. The molecule has 1 aliphatic rings. The van der Waals surface area contributed by atoms with Gasteiger partial charge in [0.1, 0.15) is 0 Å². The van der Waals surface area contributed by atoms with Crippen molar-refractivity contribution < 1.29 is 0 Å². The van der Waals surface area contributed by atoms with Crippen molar-refractivity contribution in [3.8, 4) is 0 Å². The Labute approximate surface area is 59.7 Å². The molecule has 3 N–H and O–H groups in total. The molecule has 0 amide bonds. The molecule has 0 saturated carbocycles. The smallest absolute Gasteiger partial charge is 0.0925 e. The van der Waals surface area contributed by atoms with Crippen molar-refractivity contribution in [3.05, 3.63) is 17.7 Å². The highest BCUT2D eigenvalue weighted by atomic mass is 14.9. The van der Waals surface area contributed by atoms with Gasteiger partial charge in [0.25, 0.3) is 0 Å². The summed E-state index contributed by atoms with van der Waals surface area (Å²) in [5.74, 6) is 0.515. The quantitative estimate of drug-likeness (QED) is 0.588. The van der Waals surface area contributed by atoms with Crippen LogP contribution in [0.1, 0.15) is 23.7 Å². The fourth-order valence-electron chi connectivity index (χ4n) is 1.57. The molecule has 0 aliphatic heterocycles. The maximum absolute atomic E-state index is 5.55. The lowest BCUT2D eigenvalue weighted by atomic mass is 10.1. The lowest BCUT2D eigenvalue weighted by Gasteiger charge is -2.01. The van der Waals surface area contributed by atoms with E-state index in [0.29, 0.717) is 5.92 Å². The average molecular weight is 137 g/mol. The lowest BCUT2D eigenvalue weighted by molar-refractivity contribution is 0.671. The van der Waals surface area contributed by atoms with E-state index in [1.807, 2.05) is 0 Å².